The summed E-state index contributed by atoms with van der Waals surface area (Å²) in [6.45, 7) is 6.75. The van der Waals surface area contributed by atoms with E-state index in [1.54, 1.807) is 10.9 Å². The van der Waals surface area contributed by atoms with Crippen molar-refractivity contribution in [1.82, 2.24) is 15.1 Å². The van der Waals surface area contributed by atoms with Crippen LogP contribution >= 0.6 is 0 Å². The highest BCUT2D eigenvalue weighted by atomic mass is 32.2. The molecule has 1 atom stereocenters. The summed E-state index contributed by atoms with van der Waals surface area (Å²) < 4.78 is 31.1. The second-order valence-corrected chi connectivity index (χ2v) is 11.9. The molecule has 0 spiro atoms. The first-order chi connectivity index (χ1) is 17.6. The van der Waals surface area contributed by atoms with Gasteiger partial charge in [-0.15, -0.1) is 0 Å². The van der Waals surface area contributed by atoms with Gasteiger partial charge in [-0.05, 0) is 61.2 Å². The van der Waals surface area contributed by atoms with Gasteiger partial charge in [0.15, 0.2) is 9.84 Å². The fourth-order valence-electron chi connectivity index (χ4n) is 4.15. The van der Waals surface area contributed by atoms with Crippen molar-refractivity contribution in [2.75, 3.05) is 18.1 Å². The van der Waals surface area contributed by atoms with Crippen molar-refractivity contribution in [3.8, 4) is 28.8 Å². The molecule has 1 saturated heterocycles. The van der Waals surface area contributed by atoms with Crippen LogP contribution in [0.2, 0.25) is 0 Å². The first kappa shape index (κ1) is 26.2. The minimum absolute atomic E-state index is 0.0354. The fourth-order valence-corrected chi connectivity index (χ4v) is 5.82. The second-order valence-electron chi connectivity index (χ2n) is 9.64. The summed E-state index contributed by atoms with van der Waals surface area (Å²) in [4.78, 5) is 12.9. The highest BCUT2D eigenvalue weighted by Crippen LogP contribution is 2.31. The number of nitrogens with one attached hydrogen (secondary N) is 1. The van der Waals surface area contributed by atoms with E-state index in [4.69, 9.17) is 9.84 Å². The van der Waals surface area contributed by atoms with Crippen molar-refractivity contribution in [2.45, 2.75) is 33.2 Å². The average Bonchev–Trinajstić information content (AvgIpc) is 3.44. The van der Waals surface area contributed by atoms with Gasteiger partial charge in [-0.2, -0.15) is 10.4 Å². The van der Waals surface area contributed by atoms with E-state index in [9.17, 15) is 18.5 Å². The number of carbonyl (C=O) groups excluding carboxylic acids is 1. The van der Waals surface area contributed by atoms with Crippen LogP contribution in [0.25, 0.3) is 23.0 Å². The Morgan fingerprint density at radius 3 is 2.65 bits per heavy atom. The van der Waals surface area contributed by atoms with E-state index >= 15 is 0 Å². The minimum atomic E-state index is -3.16. The molecule has 4 rings (SSSR count). The molecule has 0 aliphatic carbocycles. The third-order valence-corrected chi connectivity index (χ3v) is 7.80. The van der Waals surface area contributed by atoms with Crippen LogP contribution in [-0.2, 0) is 14.6 Å². The van der Waals surface area contributed by atoms with Gasteiger partial charge in [0.05, 0.1) is 23.8 Å². The Balaban J connectivity index is 1.71. The van der Waals surface area contributed by atoms with Gasteiger partial charge in [0, 0.05) is 23.4 Å². The van der Waals surface area contributed by atoms with Gasteiger partial charge in [-0.1, -0.05) is 32.0 Å². The van der Waals surface area contributed by atoms with Crippen LogP contribution < -0.4 is 10.1 Å². The van der Waals surface area contributed by atoms with Crippen LogP contribution in [0.5, 0.6) is 5.75 Å². The van der Waals surface area contributed by atoms with Gasteiger partial charge in [0.1, 0.15) is 23.1 Å². The molecule has 192 valence electrons. The number of aromatic nitrogens is 2. The Labute approximate surface area is 217 Å². The molecule has 1 aromatic heterocycles. The number of carbonyl (C=O) groups is 1. The third kappa shape index (κ3) is 6.46. The molecule has 1 N–H and O–H groups in total. The van der Waals surface area contributed by atoms with Crippen molar-refractivity contribution < 1.29 is 17.9 Å². The summed E-state index contributed by atoms with van der Waals surface area (Å²) >= 11 is 0. The Bertz CT molecular complexity index is 1470. The molecule has 3 aromatic rings. The van der Waals surface area contributed by atoms with E-state index in [2.05, 4.69) is 19.2 Å². The first-order valence-electron chi connectivity index (χ1n) is 12.2. The molecule has 9 heteroatoms. The smallest absolute Gasteiger partial charge is 0.262 e. The molecular weight excluding hydrogens is 488 g/mol. The molecule has 1 unspecified atom stereocenters. The number of sulfone groups is 1. The number of nitrogens with zero attached hydrogens (tertiary/aromatic N) is 3. The highest BCUT2D eigenvalue weighted by Gasteiger charge is 2.29. The molecule has 2 aromatic carbocycles. The number of ether oxygens (including phenoxy) is 1. The maximum absolute atomic E-state index is 12.9. The zero-order valence-corrected chi connectivity index (χ0v) is 22.0. The van der Waals surface area contributed by atoms with Gasteiger partial charge < -0.3 is 10.1 Å². The molecule has 2 heterocycles. The lowest BCUT2D eigenvalue weighted by Crippen LogP contribution is -2.36. The molecule has 0 saturated carbocycles. The lowest BCUT2D eigenvalue weighted by molar-refractivity contribution is -0.117. The predicted molar refractivity (Wildman–Crippen MR) is 143 cm³/mol. The maximum atomic E-state index is 12.9. The zero-order valence-electron chi connectivity index (χ0n) is 21.1. The topological polar surface area (TPSA) is 114 Å². The van der Waals surface area contributed by atoms with Crippen LogP contribution in [0.1, 0.15) is 31.4 Å². The summed E-state index contributed by atoms with van der Waals surface area (Å²) in [5.74, 6) is 0.487. The van der Waals surface area contributed by atoms with Crippen LogP contribution in [0.15, 0.2) is 60.3 Å². The van der Waals surface area contributed by atoms with Crippen LogP contribution in [-0.4, -0.2) is 48.3 Å². The van der Waals surface area contributed by atoms with Crippen LogP contribution in [0.3, 0.4) is 0 Å². The first-order valence-corrected chi connectivity index (χ1v) is 14.0. The van der Waals surface area contributed by atoms with Crippen molar-refractivity contribution >= 4 is 21.8 Å². The number of aryl methyl sites for hydroxylation is 1. The number of hydrogen-bond acceptors (Lipinski definition) is 6. The van der Waals surface area contributed by atoms with E-state index in [-0.39, 0.29) is 17.1 Å². The molecule has 1 amide bonds. The number of hydrogen-bond donors (Lipinski definition) is 1. The van der Waals surface area contributed by atoms with Crippen molar-refractivity contribution in [3.05, 3.63) is 71.4 Å². The Kier molecular flexibility index (Phi) is 7.79. The molecular formula is C28H30N4O4S. The molecule has 1 aliphatic rings. The lowest BCUT2D eigenvalue weighted by Gasteiger charge is -2.12. The SMILES string of the molecule is Cc1cc(OCC(C)C)ccc1-c1nn(-c2ccccc2)cc1C=C(C#N)C(=O)NC1CCS(=O)(=O)C1. The number of amides is 1. The van der Waals surface area contributed by atoms with Crippen molar-refractivity contribution in [3.63, 3.8) is 0 Å². The average molecular weight is 519 g/mol. The summed E-state index contributed by atoms with van der Waals surface area (Å²) in [7, 11) is -3.16. The standard InChI is InChI=1S/C28H30N4O4S/c1-19(2)17-36-25-9-10-26(20(3)13-25)27-22(16-32(31-27)24-7-5-4-6-8-24)14-21(15-29)28(33)30-23-11-12-37(34,35)18-23/h4-10,13-14,16,19,23H,11-12,17-18H2,1-3H3,(H,30,33). The maximum Gasteiger partial charge on any atom is 0.262 e. The van der Waals surface area contributed by atoms with Crippen LogP contribution in [0.4, 0.5) is 0 Å². The molecule has 1 fully saturated rings. The molecule has 0 radical (unpaired) electrons. The molecule has 1 aliphatic heterocycles. The van der Waals surface area contributed by atoms with Gasteiger partial charge in [0.2, 0.25) is 0 Å². The van der Waals surface area contributed by atoms with Crippen molar-refractivity contribution in [2.24, 2.45) is 5.92 Å². The normalized spacial score (nSPS) is 16.9. The van der Waals surface area contributed by atoms with Gasteiger partial charge in [-0.25, -0.2) is 13.1 Å². The largest absolute Gasteiger partial charge is 0.493 e. The number of benzene rings is 2. The monoisotopic (exact) mass is 518 g/mol. The minimum Gasteiger partial charge on any atom is -0.493 e. The highest BCUT2D eigenvalue weighted by molar-refractivity contribution is 7.91. The Hall–Kier alpha value is -3.90. The Morgan fingerprint density at radius 1 is 1.27 bits per heavy atom. The summed E-state index contributed by atoms with van der Waals surface area (Å²) in [6.07, 6.45) is 3.62. The zero-order chi connectivity index (χ0) is 26.6. The van der Waals surface area contributed by atoms with E-state index in [1.807, 2.05) is 61.5 Å². The molecule has 0 bridgehead atoms. The number of nitriles is 1. The Morgan fingerprint density at radius 2 is 2.03 bits per heavy atom. The van der Waals surface area contributed by atoms with Crippen molar-refractivity contribution in [1.29, 1.82) is 5.26 Å². The lowest BCUT2D eigenvalue weighted by atomic mass is 10.0. The van der Waals surface area contributed by atoms with Crippen LogP contribution in [0, 0.1) is 24.2 Å². The van der Waals surface area contributed by atoms with Gasteiger partial charge >= 0.3 is 0 Å². The van der Waals surface area contributed by atoms with Gasteiger partial charge in [-0.3, -0.25) is 4.79 Å². The van der Waals surface area contributed by atoms with E-state index in [0.29, 0.717) is 30.2 Å². The second kappa shape index (κ2) is 11.0. The molecule has 8 nitrogen and oxygen atoms in total. The molecule has 37 heavy (non-hydrogen) atoms. The summed E-state index contributed by atoms with van der Waals surface area (Å²) in [5.41, 5.74) is 3.70. The quantitative estimate of drug-likeness (QED) is 0.355. The fraction of sp³-hybridized carbons (Fsp3) is 0.321. The number of rotatable bonds is 8. The van der Waals surface area contributed by atoms with E-state index < -0.39 is 21.8 Å². The summed E-state index contributed by atoms with van der Waals surface area (Å²) in [6, 6.07) is 16.8. The third-order valence-electron chi connectivity index (χ3n) is 6.03. The summed E-state index contributed by atoms with van der Waals surface area (Å²) in [5, 5.41) is 17.3. The van der Waals surface area contributed by atoms with E-state index in [0.717, 1.165) is 22.6 Å². The predicted octanol–water partition coefficient (Wildman–Crippen LogP) is 4.09. The number of para-hydroxylation sites is 1. The van der Waals surface area contributed by atoms with Gasteiger partial charge in [0.25, 0.3) is 5.91 Å². The van der Waals surface area contributed by atoms with E-state index in [1.165, 1.54) is 6.08 Å².